The van der Waals surface area contributed by atoms with Crippen LogP contribution in [0.2, 0.25) is 0 Å². The Hall–Kier alpha value is -3.65. The van der Waals surface area contributed by atoms with Crippen LogP contribution >= 0.6 is 0 Å². The number of aromatic nitrogens is 1. The third kappa shape index (κ3) is 6.43. The largest absolute Gasteiger partial charge is 0.444 e. The number of nitrogens with two attached hydrogens (primary N) is 1. The lowest BCUT2D eigenvalue weighted by atomic mass is 9.95. The summed E-state index contributed by atoms with van der Waals surface area (Å²) in [6.07, 6.45) is 1.29. The van der Waals surface area contributed by atoms with Crippen molar-refractivity contribution >= 4 is 28.7 Å². The van der Waals surface area contributed by atoms with Gasteiger partial charge in [0.05, 0.1) is 0 Å². The normalized spacial score (nSPS) is 11.2. The molecule has 174 valence electrons. The summed E-state index contributed by atoms with van der Waals surface area (Å²) in [6.45, 7) is 8.61. The number of hydrogen-bond acceptors (Lipinski definition) is 5. The van der Waals surface area contributed by atoms with Crippen molar-refractivity contribution in [2.24, 2.45) is 5.73 Å². The molecule has 3 rings (SSSR count). The molecule has 0 radical (unpaired) electrons. The molecular weight excluding hydrogens is 418 g/mol. The van der Waals surface area contributed by atoms with E-state index in [0.29, 0.717) is 25.5 Å². The van der Waals surface area contributed by atoms with E-state index in [0.717, 1.165) is 33.0 Å². The number of alkyl carbamates (subject to hydrolysis) is 1. The summed E-state index contributed by atoms with van der Waals surface area (Å²) < 4.78 is 5.28. The van der Waals surface area contributed by atoms with E-state index in [4.69, 9.17) is 10.5 Å². The van der Waals surface area contributed by atoms with Gasteiger partial charge in [-0.05, 0) is 61.4 Å². The Labute approximate surface area is 193 Å². The number of carbonyl (C=O) groups excluding carboxylic acids is 2. The molecule has 33 heavy (non-hydrogen) atoms. The van der Waals surface area contributed by atoms with Crippen LogP contribution in [0.15, 0.2) is 48.7 Å². The van der Waals surface area contributed by atoms with Crippen LogP contribution in [0.3, 0.4) is 0 Å². The quantitative estimate of drug-likeness (QED) is 0.441. The minimum Gasteiger partial charge on any atom is -0.444 e. The Kier molecular flexibility index (Phi) is 7.50. The predicted octanol–water partition coefficient (Wildman–Crippen LogP) is 4.53. The Bertz CT molecular complexity index is 1140. The number of hydrogen-bond donors (Lipinski definition) is 4. The van der Waals surface area contributed by atoms with E-state index in [9.17, 15) is 9.59 Å². The van der Waals surface area contributed by atoms with Gasteiger partial charge in [0.2, 0.25) is 0 Å². The lowest BCUT2D eigenvalue weighted by Crippen LogP contribution is -2.32. The highest BCUT2D eigenvalue weighted by Crippen LogP contribution is 2.32. The van der Waals surface area contributed by atoms with E-state index >= 15 is 0 Å². The number of fused-ring (bicyclic) bond motifs is 1. The highest BCUT2D eigenvalue weighted by atomic mass is 16.6. The molecule has 0 saturated carbocycles. The van der Waals surface area contributed by atoms with E-state index in [1.54, 1.807) is 6.20 Å². The molecule has 2 aromatic carbocycles. The second-order valence-electron chi connectivity index (χ2n) is 8.63. The van der Waals surface area contributed by atoms with Gasteiger partial charge in [0, 0.05) is 31.2 Å². The van der Waals surface area contributed by atoms with Gasteiger partial charge in [-0.25, -0.2) is 14.6 Å². The van der Waals surface area contributed by atoms with Crippen LogP contribution in [-0.2, 0) is 17.8 Å². The van der Waals surface area contributed by atoms with Crippen molar-refractivity contribution in [1.82, 2.24) is 15.6 Å². The molecular formula is C25H31N5O3. The van der Waals surface area contributed by atoms with Crippen LogP contribution in [-0.4, -0.2) is 29.3 Å². The Morgan fingerprint density at radius 3 is 2.39 bits per heavy atom. The summed E-state index contributed by atoms with van der Waals surface area (Å²) in [4.78, 5) is 28.2. The number of anilines is 1. The number of carbonyl (C=O) groups is 2. The average Bonchev–Trinajstić information content (AvgIpc) is 2.76. The molecule has 3 amide bonds. The summed E-state index contributed by atoms with van der Waals surface area (Å²) in [5.41, 5.74) is 9.31. The zero-order valence-electron chi connectivity index (χ0n) is 19.5. The van der Waals surface area contributed by atoms with Crippen molar-refractivity contribution in [3.63, 3.8) is 0 Å². The summed E-state index contributed by atoms with van der Waals surface area (Å²) in [7, 11) is 0. The second kappa shape index (κ2) is 10.3. The third-order valence-electron chi connectivity index (χ3n) is 4.89. The van der Waals surface area contributed by atoms with E-state index < -0.39 is 11.7 Å². The van der Waals surface area contributed by atoms with Crippen LogP contribution in [0.4, 0.5) is 15.4 Å². The van der Waals surface area contributed by atoms with Crippen molar-refractivity contribution < 1.29 is 14.3 Å². The van der Waals surface area contributed by atoms with Crippen LogP contribution in [0.5, 0.6) is 0 Å². The van der Waals surface area contributed by atoms with Crippen LogP contribution in [0.1, 0.15) is 38.8 Å². The Balaban J connectivity index is 1.86. The highest BCUT2D eigenvalue weighted by Gasteiger charge is 2.16. The number of pyridine rings is 1. The van der Waals surface area contributed by atoms with Crippen molar-refractivity contribution in [2.75, 3.05) is 11.9 Å². The second-order valence-corrected chi connectivity index (χ2v) is 8.63. The van der Waals surface area contributed by atoms with Crippen LogP contribution in [0, 0.1) is 0 Å². The van der Waals surface area contributed by atoms with Gasteiger partial charge in [0.1, 0.15) is 11.4 Å². The summed E-state index contributed by atoms with van der Waals surface area (Å²) in [5, 5.41) is 10.1. The fourth-order valence-corrected chi connectivity index (χ4v) is 3.41. The zero-order valence-corrected chi connectivity index (χ0v) is 19.5. The van der Waals surface area contributed by atoms with Gasteiger partial charge in [-0.1, -0.05) is 36.4 Å². The first-order valence-electron chi connectivity index (χ1n) is 10.9. The lowest BCUT2D eigenvalue weighted by Gasteiger charge is -2.19. The first kappa shape index (κ1) is 24.0. The van der Waals surface area contributed by atoms with E-state index in [-0.39, 0.29) is 6.03 Å². The van der Waals surface area contributed by atoms with E-state index in [1.165, 1.54) is 0 Å². The van der Waals surface area contributed by atoms with Gasteiger partial charge < -0.3 is 21.1 Å². The first-order valence-corrected chi connectivity index (χ1v) is 10.9. The Morgan fingerprint density at radius 2 is 1.76 bits per heavy atom. The number of urea groups is 1. The van der Waals surface area contributed by atoms with Crippen molar-refractivity contribution in [3.05, 3.63) is 59.8 Å². The number of benzene rings is 2. The summed E-state index contributed by atoms with van der Waals surface area (Å²) in [6, 6.07) is 13.5. The molecule has 8 heteroatoms. The fourth-order valence-electron chi connectivity index (χ4n) is 3.41. The SMILES string of the molecule is CCNC(=O)Nc1cc2c(-c3ccc(CNC(=O)OC(C)(C)C)cc3)ccc(CN)c2cn1. The van der Waals surface area contributed by atoms with E-state index in [1.807, 2.05) is 70.2 Å². The molecule has 0 saturated heterocycles. The standard InChI is InChI=1S/C25H31N5O3/c1-5-27-23(31)30-22-12-20-19(11-10-18(13-26)21(20)15-28-22)17-8-6-16(7-9-17)14-29-24(32)33-25(2,3)4/h6-12,15H,5,13-14,26H2,1-4H3,(H,29,32)(H2,27,28,30,31). The third-order valence-corrected chi connectivity index (χ3v) is 4.89. The first-order chi connectivity index (χ1) is 15.7. The van der Waals surface area contributed by atoms with Crippen molar-refractivity contribution in [1.29, 1.82) is 0 Å². The smallest absolute Gasteiger partial charge is 0.407 e. The van der Waals surface area contributed by atoms with Gasteiger partial charge in [0.15, 0.2) is 0 Å². The molecule has 3 aromatic rings. The molecule has 5 N–H and O–H groups in total. The monoisotopic (exact) mass is 449 g/mol. The molecule has 0 aliphatic carbocycles. The molecule has 8 nitrogen and oxygen atoms in total. The molecule has 0 fully saturated rings. The van der Waals surface area contributed by atoms with E-state index in [2.05, 4.69) is 20.9 Å². The molecule has 0 aliphatic rings. The predicted molar refractivity (Wildman–Crippen MR) is 131 cm³/mol. The van der Waals surface area contributed by atoms with Gasteiger partial charge in [-0.3, -0.25) is 5.32 Å². The Morgan fingerprint density at radius 1 is 1.03 bits per heavy atom. The summed E-state index contributed by atoms with van der Waals surface area (Å²) >= 11 is 0. The topological polar surface area (TPSA) is 118 Å². The number of amides is 3. The number of ether oxygens (including phenoxy) is 1. The maximum atomic E-state index is 11.9. The molecule has 1 heterocycles. The van der Waals surface area contributed by atoms with Gasteiger partial charge in [0.25, 0.3) is 0 Å². The van der Waals surface area contributed by atoms with Gasteiger partial charge >= 0.3 is 12.1 Å². The molecule has 0 atom stereocenters. The maximum absolute atomic E-state index is 11.9. The number of rotatable bonds is 6. The van der Waals surface area contributed by atoms with Gasteiger partial charge in [-0.15, -0.1) is 0 Å². The highest BCUT2D eigenvalue weighted by molar-refractivity contribution is 6.00. The maximum Gasteiger partial charge on any atom is 0.407 e. The molecule has 0 bridgehead atoms. The number of nitrogens with zero attached hydrogens (tertiary/aromatic N) is 1. The van der Waals surface area contributed by atoms with Crippen LogP contribution < -0.4 is 21.7 Å². The van der Waals surface area contributed by atoms with Crippen molar-refractivity contribution in [3.8, 4) is 11.1 Å². The molecule has 0 unspecified atom stereocenters. The molecule has 0 aliphatic heterocycles. The minimum absolute atomic E-state index is 0.303. The molecule has 1 aromatic heterocycles. The summed E-state index contributed by atoms with van der Waals surface area (Å²) in [5.74, 6) is 0.460. The molecule has 0 spiro atoms. The fraction of sp³-hybridized carbons (Fsp3) is 0.320. The number of nitrogens with one attached hydrogen (secondary N) is 3. The lowest BCUT2D eigenvalue weighted by molar-refractivity contribution is 0.0523. The average molecular weight is 450 g/mol. The zero-order chi connectivity index (χ0) is 24.0. The van der Waals surface area contributed by atoms with Gasteiger partial charge in [-0.2, -0.15) is 0 Å². The van der Waals surface area contributed by atoms with Crippen LogP contribution in [0.25, 0.3) is 21.9 Å². The minimum atomic E-state index is -0.537. The van der Waals surface area contributed by atoms with Crippen molar-refractivity contribution in [2.45, 2.75) is 46.4 Å².